The maximum absolute atomic E-state index is 11.4. The van der Waals surface area contributed by atoms with Crippen LogP contribution in [0, 0.1) is 0 Å². The number of aromatic nitrogens is 1. The Bertz CT molecular complexity index is 541. The summed E-state index contributed by atoms with van der Waals surface area (Å²) in [5.41, 5.74) is 0.928. The molecule has 0 aromatic carbocycles. The van der Waals surface area contributed by atoms with Crippen LogP contribution in [0.25, 0.3) is 0 Å². The van der Waals surface area contributed by atoms with Gasteiger partial charge in [-0.15, -0.1) is 0 Å². The topological polar surface area (TPSA) is 67.7 Å². The summed E-state index contributed by atoms with van der Waals surface area (Å²) in [5.74, 6) is 0.352. The summed E-state index contributed by atoms with van der Waals surface area (Å²) in [5, 5.41) is 7.19. The van der Waals surface area contributed by atoms with Gasteiger partial charge in [0.05, 0.1) is 24.1 Å². The van der Waals surface area contributed by atoms with Crippen molar-refractivity contribution in [3.63, 3.8) is 0 Å². The van der Waals surface area contributed by atoms with Crippen molar-refractivity contribution >= 4 is 35.1 Å². The van der Waals surface area contributed by atoms with E-state index in [0.717, 1.165) is 5.69 Å². The molecule has 0 aliphatic rings. The molecular weight excluding hydrogens is 327 g/mol. The first kappa shape index (κ1) is 18.6. The number of ether oxygens (including phenoxy) is 1. The quantitative estimate of drug-likeness (QED) is 0.470. The Morgan fingerprint density at radius 2 is 2.09 bits per heavy atom. The van der Waals surface area contributed by atoms with Gasteiger partial charge in [-0.2, -0.15) is 0 Å². The van der Waals surface area contributed by atoms with E-state index in [2.05, 4.69) is 15.6 Å². The number of carbonyl (C=O) groups is 1. The Labute approximate surface area is 140 Å². The third-order valence-electron chi connectivity index (χ3n) is 2.86. The fourth-order valence-electron chi connectivity index (χ4n) is 1.76. The van der Waals surface area contributed by atoms with Crippen LogP contribution in [-0.2, 0) is 23.1 Å². The van der Waals surface area contributed by atoms with Crippen LogP contribution < -0.4 is 10.6 Å². The van der Waals surface area contributed by atoms with Gasteiger partial charge in [-0.3, -0.25) is 9.79 Å². The second-order valence-corrected chi connectivity index (χ2v) is 5.74. The Morgan fingerprint density at radius 3 is 2.59 bits per heavy atom. The Balaban J connectivity index is 2.40. The van der Waals surface area contributed by atoms with E-state index in [9.17, 15) is 4.79 Å². The fourth-order valence-corrected chi connectivity index (χ4v) is 2.17. The van der Waals surface area contributed by atoms with Gasteiger partial charge in [-0.05, 0) is 19.9 Å². The average Bonchev–Trinajstić information content (AvgIpc) is 2.69. The van der Waals surface area contributed by atoms with Crippen LogP contribution in [-0.4, -0.2) is 36.2 Å². The number of aliphatic imine (C=N–C) groups is 1. The van der Waals surface area contributed by atoms with Crippen LogP contribution in [0.1, 0.15) is 26.0 Å². The normalized spacial score (nSPS) is 11.7. The van der Waals surface area contributed by atoms with Gasteiger partial charge in [0.15, 0.2) is 5.96 Å². The van der Waals surface area contributed by atoms with Crippen LogP contribution in [0.15, 0.2) is 11.1 Å². The molecule has 0 radical (unpaired) electrons. The molecule has 1 aromatic rings. The molecule has 0 saturated carbocycles. The first-order valence-electron chi connectivity index (χ1n) is 6.98. The van der Waals surface area contributed by atoms with Crippen LogP contribution in [0.2, 0.25) is 10.2 Å². The summed E-state index contributed by atoms with van der Waals surface area (Å²) in [4.78, 5) is 15.5. The van der Waals surface area contributed by atoms with E-state index in [0.29, 0.717) is 29.2 Å². The zero-order valence-corrected chi connectivity index (χ0v) is 14.8. The van der Waals surface area contributed by atoms with Gasteiger partial charge in [0, 0.05) is 26.3 Å². The molecule has 0 spiro atoms. The van der Waals surface area contributed by atoms with Crippen LogP contribution in [0.4, 0.5) is 0 Å². The van der Waals surface area contributed by atoms with Gasteiger partial charge in [-0.1, -0.05) is 23.2 Å². The highest BCUT2D eigenvalue weighted by atomic mass is 35.5. The Morgan fingerprint density at radius 1 is 1.41 bits per heavy atom. The first-order valence-corrected chi connectivity index (χ1v) is 7.74. The molecule has 0 amide bonds. The van der Waals surface area contributed by atoms with Crippen molar-refractivity contribution in [2.24, 2.45) is 12.0 Å². The molecule has 2 N–H and O–H groups in total. The molecule has 124 valence electrons. The average molecular weight is 349 g/mol. The number of hydrogen-bond donors (Lipinski definition) is 2. The van der Waals surface area contributed by atoms with Crippen molar-refractivity contribution in [1.82, 2.24) is 15.2 Å². The van der Waals surface area contributed by atoms with Gasteiger partial charge in [0.2, 0.25) is 0 Å². The second-order valence-electron chi connectivity index (χ2n) is 4.97. The molecule has 0 bridgehead atoms. The lowest BCUT2D eigenvalue weighted by atomic mass is 10.4. The highest BCUT2D eigenvalue weighted by Crippen LogP contribution is 2.24. The highest BCUT2D eigenvalue weighted by Gasteiger charge is 2.10. The van der Waals surface area contributed by atoms with E-state index < -0.39 is 0 Å². The zero-order chi connectivity index (χ0) is 16.7. The molecule has 1 heterocycles. The van der Waals surface area contributed by atoms with E-state index in [1.165, 1.54) is 0 Å². The fraction of sp³-hybridized carbons (Fsp3) is 0.571. The van der Waals surface area contributed by atoms with E-state index in [1.54, 1.807) is 17.7 Å². The summed E-state index contributed by atoms with van der Waals surface area (Å²) in [7, 11) is 3.50. The van der Waals surface area contributed by atoms with Crippen LogP contribution >= 0.6 is 23.2 Å². The largest absolute Gasteiger partial charge is 0.463 e. The monoisotopic (exact) mass is 348 g/mol. The number of esters is 1. The number of hydrogen-bond acceptors (Lipinski definition) is 3. The van der Waals surface area contributed by atoms with Crippen LogP contribution in [0.3, 0.4) is 0 Å². The number of nitrogens with zero attached hydrogens (tertiary/aromatic N) is 2. The predicted octanol–water partition coefficient (Wildman–Crippen LogP) is 2.34. The summed E-state index contributed by atoms with van der Waals surface area (Å²) < 4.78 is 6.85. The second kappa shape index (κ2) is 8.90. The maximum Gasteiger partial charge on any atom is 0.307 e. The predicted molar refractivity (Wildman–Crippen MR) is 89.5 cm³/mol. The van der Waals surface area contributed by atoms with Gasteiger partial charge < -0.3 is 19.9 Å². The molecule has 0 aliphatic carbocycles. The summed E-state index contributed by atoms with van der Waals surface area (Å²) in [6.45, 7) is 4.60. The molecule has 0 unspecified atom stereocenters. The molecule has 0 atom stereocenters. The Hall–Kier alpha value is -1.40. The van der Waals surface area contributed by atoms with Gasteiger partial charge >= 0.3 is 5.97 Å². The summed E-state index contributed by atoms with van der Waals surface area (Å²) in [6.07, 6.45) is 0.178. The third kappa shape index (κ3) is 5.77. The van der Waals surface area contributed by atoms with Crippen molar-refractivity contribution in [2.75, 3.05) is 13.6 Å². The molecule has 0 saturated heterocycles. The van der Waals surface area contributed by atoms with Gasteiger partial charge in [0.25, 0.3) is 0 Å². The Kier molecular flexibility index (Phi) is 7.55. The van der Waals surface area contributed by atoms with Crippen molar-refractivity contribution in [2.45, 2.75) is 32.9 Å². The van der Waals surface area contributed by atoms with Crippen molar-refractivity contribution in [3.05, 3.63) is 21.9 Å². The standard InChI is InChI=1S/C14H22Cl2N4O2/c1-9(2)22-12(21)5-6-18-14(17-3)19-8-10-7-11(15)13(16)20(10)4/h7,9H,5-6,8H2,1-4H3,(H2,17,18,19). The third-order valence-corrected chi connectivity index (χ3v) is 3.71. The number of carbonyl (C=O) groups excluding carboxylic acids is 1. The number of halogens is 2. The van der Waals surface area contributed by atoms with E-state index in [1.807, 2.05) is 20.9 Å². The van der Waals surface area contributed by atoms with E-state index in [4.69, 9.17) is 27.9 Å². The molecule has 0 aliphatic heterocycles. The molecule has 1 rings (SSSR count). The summed E-state index contributed by atoms with van der Waals surface area (Å²) >= 11 is 12.0. The van der Waals surface area contributed by atoms with Crippen molar-refractivity contribution in [3.8, 4) is 0 Å². The molecule has 8 heteroatoms. The first-order chi connectivity index (χ1) is 10.3. The number of guanidine groups is 1. The van der Waals surface area contributed by atoms with E-state index >= 15 is 0 Å². The minimum atomic E-state index is -0.237. The molecular formula is C14H22Cl2N4O2. The molecule has 1 aromatic heterocycles. The zero-order valence-electron chi connectivity index (χ0n) is 13.2. The van der Waals surface area contributed by atoms with E-state index in [-0.39, 0.29) is 18.5 Å². The smallest absolute Gasteiger partial charge is 0.307 e. The minimum Gasteiger partial charge on any atom is -0.463 e. The van der Waals surface area contributed by atoms with Crippen molar-refractivity contribution < 1.29 is 9.53 Å². The lowest BCUT2D eigenvalue weighted by Crippen LogP contribution is -2.38. The number of rotatable bonds is 6. The SMILES string of the molecule is CN=C(NCCC(=O)OC(C)C)NCc1cc(Cl)c(Cl)n1C. The summed E-state index contributed by atoms with van der Waals surface area (Å²) in [6, 6.07) is 1.80. The van der Waals surface area contributed by atoms with Gasteiger partial charge in [0.1, 0.15) is 5.15 Å². The molecule has 22 heavy (non-hydrogen) atoms. The van der Waals surface area contributed by atoms with Gasteiger partial charge in [-0.25, -0.2) is 0 Å². The van der Waals surface area contributed by atoms with Crippen LogP contribution in [0.5, 0.6) is 0 Å². The maximum atomic E-state index is 11.4. The van der Waals surface area contributed by atoms with Crippen molar-refractivity contribution in [1.29, 1.82) is 0 Å². The molecule has 0 fully saturated rings. The minimum absolute atomic E-state index is 0.100. The lowest BCUT2D eigenvalue weighted by molar-refractivity contribution is -0.147. The number of nitrogens with one attached hydrogen (secondary N) is 2. The lowest BCUT2D eigenvalue weighted by Gasteiger charge is -2.13. The molecule has 6 nitrogen and oxygen atoms in total. The highest BCUT2D eigenvalue weighted by molar-refractivity contribution is 6.41.